The van der Waals surface area contributed by atoms with Gasteiger partial charge in [-0.15, -0.1) is 0 Å². The van der Waals surface area contributed by atoms with Gasteiger partial charge < -0.3 is 9.55 Å². The molecule has 0 aliphatic rings. The summed E-state index contributed by atoms with van der Waals surface area (Å²) in [4.78, 5) is 3.06. The number of benzene rings is 1. The van der Waals surface area contributed by atoms with Crippen LogP contribution in [0, 0.1) is 11.7 Å². The lowest BCUT2D eigenvalue weighted by Gasteiger charge is -2.08. The van der Waals surface area contributed by atoms with Gasteiger partial charge in [0.25, 0.3) is 0 Å². The van der Waals surface area contributed by atoms with Crippen LogP contribution in [-0.4, -0.2) is 9.55 Å². The fraction of sp³-hybridized carbons (Fsp3) is 0.357. The zero-order valence-electron chi connectivity index (χ0n) is 10.5. The van der Waals surface area contributed by atoms with E-state index in [-0.39, 0.29) is 0 Å². The SMILES string of the molecule is Cc1c[nH]c(=S)n1Cc1ccc(C(C)C)cc1. The van der Waals surface area contributed by atoms with Gasteiger partial charge in [0.05, 0.1) is 6.54 Å². The summed E-state index contributed by atoms with van der Waals surface area (Å²) in [5, 5.41) is 0. The Bertz CT molecular complexity index is 546. The van der Waals surface area contributed by atoms with E-state index in [4.69, 9.17) is 12.2 Å². The molecular weight excluding hydrogens is 228 g/mol. The Morgan fingerprint density at radius 1 is 1.24 bits per heavy atom. The maximum absolute atomic E-state index is 5.25. The Morgan fingerprint density at radius 2 is 1.88 bits per heavy atom. The fourth-order valence-electron chi connectivity index (χ4n) is 1.87. The number of hydrogen-bond donors (Lipinski definition) is 1. The minimum absolute atomic E-state index is 0.584. The molecule has 0 radical (unpaired) electrons. The summed E-state index contributed by atoms with van der Waals surface area (Å²) in [5.74, 6) is 0.584. The van der Waals surface area contributed by atoms with Crippen molar-refractivity contribution in [2.24, 2.45) is 0 Å². The molecule has 0 saturated carbocycles. The molecule has 3 heteroatoms. The maximum atomic E-state index is 5.25. The number of nitrogens with one attached hydrogen (secondary N) is 1. The van der Waals surface area contributed by atoms with Gasteiger partial charge in [0.2, 0.25) is 0 Å². The van der Waals surface area contributed by atoms with Crippen LogP contribution in [0.15, 0.2) is 30.5 Å². The van der Waals surface area contributed by atoms with Crippen molar-refractivity contribution >= 4 is 12.2 Å². The molecule has 17 heavy (non-hydrogen) atoms. The predicted octanol–water partition coefficient (Wildman–Crippen LogP) is 4.03. The Kier molecular flexibility index (Phi) is 3.48. The minimum atomic E-state index is 0.584. The number of rotatable bonds is 3. The third kappa shape index (κ3) is 2.67. The molecule has 0 bridgehead atoms. The molecule has 0 fully saturated rings. The molecule has 1 heterocycles. The smallest absolute Gasteiger partial charge is 0.177 e. The average molecular weight is 246 g/mol. The molecule has 2 aromatic rings. The summed E-state index contributed by atoms with van der Waals surface area (Å²) in [5.41, 5.74) is 3.83. The van der Waals surface area contributed by atoms with Crippen LogP contribution in [0.1, 0.15) is 36.6 Å². The molecule has 0 aliphatic heterocycles. The van der Waals surface area contributed by atoms with Crippen LogP contribution >= 0.6 is 12.2 Å². The Labute approximate surface area is 107 Å². The molecule has 90 valence electrons. The molecule has 0 atom stereocenters. The summed E-state index contributed by atoms with van der Waals surface area (Å²) >= 11 is 5.25. The molecule has 2 rings (SSSR count). The van der Waals surface area contributed by atoms with E-state index in [1.165, 1.54) is 16.8 Å². The second-order valence-electron chi connectivity index (χ2n) is 4.72. The number of imidazole rings is 1. The zero-order valence-corrected chi connectivity index (χ0v) is 11.3. The van der Waals surface area contributed by atoms with Gasteiger partial charge in [-0.2, -0.15) is 0 Å². The summed E-state index contributed by atoms with van der Waals surface area (Å²) in [6.07, 6.45) is 1.95. The van der Waals surface area contributed by atoms with Gasteiger partial charge in [0.15, 0.2) is 4.77 Å². The summed E-state index contributed by atoms with van der Waals surface area (Å²) in [7, 11) is 0. The van der Waals surface area contributed by atoms with Gasteiger partial charge in [0.1, 0.15) is 0 Å². The number of hydrogen-bond acceptors (Lipinski definition) is 1. The van der Waals surface area contributed by atoms with Gasteiger partial charge in [-0.25, -0.2) is 0 Å². The topological polar surface area (TPSA) is 20.7 Å². The first kappa shape index (κ1) is 12.1. The quantitative estimate of drug-likeness (QED) is 0.811. The van der Waals surface area contributed by atoms with Crippen molar-refractivity contribution in [3.05, 3.63) is 52.1 Å². The number of aromatic nitrogens is 2. The molecular formula is C14H18N2S. The van der Waals surface area contributed by atoms with Crippen LogP contribution in [0.3, 0.4) is 0 Å². The summed E-state index contributed by atoms with van der Waals surface area (Å²) < 4.78 is 2.90. The Balaban J connectivity index is 2.22. The van der Waals surface area contributed by atoms with Gasteiger partial charge in [0, 0.05) is 11.9 Å². The highest BCUT2D eigenvalue weighted by Gasteiger charge is 2.02. The maximum Gasteiger partial charge on any atom is 0.177 e. The van der Waals surface area contributed by atoms with E-state index in [2.05, 4.69) is 54.6 Å². The molecule has 0 saturated heterocycles. The van der Waals surface area contributed by atoms with Crippen LogP contribution < -0.4 is 0 Å². The van der Waals surface area contributed by atoms with E-state index in [0.29, 0.717) is 5.92 Å². The van der Waals surface area contributed by atoms with Crippen LogP contribution in [-0.2, 0) is 6.54 Å². The van der Waals surface area contributed by atoms with Crippen LogP contribution in [0.5, 0.6) is 0 Å². The van der Waals surface area contributed by atoms with Crippen molar-refractivity contribution in [3.8, 4) is 0 Å². The average Bonchev–Trinajstić information content (AvgIpc) is 2.61. The Hall–Kier alpha value is -1.35. The number of H-pyrrole nitrogens is 1. The monoisotopic (exact) mass is 246 g/mol. The van der Waals surface area contributed by atoms with Gasteiger partial charge >= 0.3 is 0 Å². The highest BCUT2D eigenvalue weighted by Crippen LogP contribution is 2.15. The third-order valence-corrected chi connectivity index (χ3v) is 3.40. The predicted molar refractivity (Wildman–Crippen MR) is 74.0 cm³/mol. The molecule has 2 nitrogen and oxygen atoms in total. The van der Waals surface area contributed by atoms with E-state index >= 15 is 0 Å². The second kappa shape index (κ2) is 4.88. The van der Waals surface area contributed by atoms with Crippen molar-refractivity contribution in [2.75, 3.05) is 0 Å². The minimum Gasteiger partial charge on any atom is -0.337 e. The number of aromatic amines is 1. The van der Waals surface area contributed by atoms with E-state index in [1.807, 2.05) is 6.20 Å². The molecule has 0 aliphatic carbocycles. The lowest BCUT2D eigenvalue weighted by molar-refractivity contribution is 0.756. The van der Waals surface area contributed by atoms with E-state index in [9.17, 15) is 0 Å². The lowest BCUT2D eigenvalue weighted by atomic mass is 10.0. The van der Waals surface area contributed by atoms with Crippen molar-refractivity contribution in [3.63, 3.8) is 0 Å². The number of nitrogens with zero attached hydrogens (tertiary/aromatic N) is 1. The second-order valence-corrected chi connectivity index (χ2v) is 5.10. The molecule has 0 unspecified atom stereocenters. The van der Waals surface area contributed by atoms with Gasteiger partial charge in [-0.05, 0) is 36.2 Å². The lowest BCUT2D eigenvalue weighted by Crippen LogP contribution is -2.02. The van der Waals surface area contributed by atoms with Crippen molar-refractivity contribution < 1.29 is 0 Å². The van der Waals surface area contributed by atoms with Crippen LogP contribution in [0.2, 0.25) is 0 Å². The fourth-order valence-corrected chi connectivity index (χ4v) is 2.14. The molecule has 0 spiro atoms. The van der Waals surface area contributed by atoms with Crippen molar-refractivity contribution in [1.82, 2.24) is 9.55 Å². The first-order valence-electron chi connectivity index (χ1n) is 5.91. The largest absolute Gasteiger partial charge is 0.337 e. The Morgan fingerprint density at radius 3 is 2.35 bits per heavy atom. The summed E-state index contributed by atoms with van der Waals surface area (Å²) in [6, 6.07) is 8.77. The first-order chi connectivity index (χ1) is 8.08. The van der Waals surface area contributed by atoms with Crippen LogP contribution in [0.4, 0.5) is 0 Å². The first-order valence-corrected chi connectivity index (χ1v) is 6.32. The number of aryl methyl sites for hydroxylation is 1. The molecule has 1 aromatic heterocycles. The van der Waals surface area contributed by atoms with E-state index in [1.54, 1.807) is 0 Å². The van der Waals surface area contributed by atoms with Crippen LogP contribution in [0.25, 0.3) is 0 Å². The van der Waals surface area contributed by atoms with Crippen molar-refractivity contribution in [1.29, 1.82) is 0 Å². The van der Waals surface area contributed by atoms with Crippen molar-refractivity contribution in [2.45, 2.75) is 33.2 Å². The van der Waals surface area contributed by atoms with Gasteiger partial charge in [-0.1, -0.05) is 38.1 Å². The van der Waals surface area contributed by atoms with Gasteiger partial charge in [-0.3, -0.25) is 0 Å². The summed E-state index contributed by atoms with van der Waals surface area (Å²) in [6.45, 7) is 7.32. The molecule has 0 amide bonds. The normalized spacial score (nSPS) is 11.1. The molecule has 1 aromatic carbocycles. The molecule has 1 N–H and O–H groups in total. The van der Waals surface area contributed by atoms with E-state index < -0.39 is 0 Å². The van der Waals surface area contributed by atoms with E-state index in [0.717, 1.165) is 11.3 Å². The highest BCUT2D eigenvalue weighted by molar-refractivity contribution is 7.71. The standard InChI is InChI=1S/C14H18N2S/c1-10(2)13-6-4-12(5-7-13)9-16-11(3)8-15-14(16)17/h4-8,10H,9H2,1-3H3,(H,15,17). The highest BCUT2D eigenvalue weighted by atomic mass is 32.1. The zero-order chi connectivity index (χ0) is 12.4. The third-order valence-electron chi connectivity index (χ3n) is 3.06.